The molecular formula is C9H17F3N2O2S. The number of nitrogens with zero attached hydrogens (tertiary/aromatic N) is 1. The Labute approximate surface area is 99.2 Å². The van der Waals surface area contributed by atoms with Crippen molar-refractivity contribution >= 4 is 10.0 Å². The lowest BCUT2D eigenvalue weighted by molar-refractivity contribution is -0.143. The molecule has 0 aromatic heterocycles. The smallest absolute Gasteiger partial charge is 0.295 e. The number of rotatable bonds is 5. The molecule has 1 aliphatic rings. The zero-order valence-electron chi connectivity index (χ0n) is 9.63. The van der Waals surface area contributed by atoms with Crippen LogP contribution in [0.5, 0.6) is 0 Å². The monoisotopic (exact) mass is 274 g/mol. The Kier molecular flexibility index (Phi) is 4.79. The summed E-state index contributed by atoms with van der Waals surface area (Å²) in [4.78, 5) is 1.31. The molecule has 1 rings (SSSR count). The van der Waals surface area contributed by atoms with E-state index in [-0.39, 0.29) is 18.2 Å². The lowest BCUT2D eigenvalue weighted by Gasteiger charge is -2.17. The van der Waals surface area contributed by atoms with Crippen LogP contribution in [0.1, 0.15) is 13.3 Å². The second-order valence-electron chi connectivity index (χ2n) is 4.26. The van der Waals surface area contributed by atoms with Gasteiger partial charge in [-0.1, -0.05) is 0 Å². The third-order valence-corrected chi connectivity index (χ3v) is 4.11. The summed E-state index contributed by atoms with van der Waals surface area (Å²) in [5.74, 6) is -0.0370. The molecule has 1 unspecified atom stereocenters. The van der Waals surface area contributed by atoms with Gasteiger partial charge in [0, 0.05) is 13.1 Å². The van der Waals surface area contributed by atoms with Crippen LogP contribution < -0.4 is 4.72 Å². The summed E-state index contributed by atoms with van der Waals surface area (Å²) in [6.07, 6.45) is -3.58. The van der Waals surface area contributed by atoms with Gasteiger partial charge in [0.2, 0.25) is 10.0 Å². The van der Waals surface area contributed by atoms with Gasteiger partial charge in [0.05, 0.1) is 12.3 Å². The Morgan fingerprint density at radius 2 is 2.06 bits per heavy atom. The molecule has 4 nitrogen and oxygen atoms in total. The first-order valence-corrected chi connectivity index (χ1v) is 7.13. The molecule has 1 saturated heterocycles. The summed E-state index contributed by atoms with van der Waals surface area (Å²) in [5.41, 5.74) is 0. The molecule has 0 aromatic carbocycles. The van der Waals surface area contributed by atoms with Gasteiger partial charge >= 0.3 is 6.18 Å². The average Bonchev–Trinajstić information content (AvgIpc) is 2.60. The second-order valence-corrected chi connectivity index (χ2v) is 6.35. The third-order valence-electron chi connectivity index (χ3n) is 2.74. The lowest BCUT2D eigenvalue weighted by Crippen LogP contribution is -2.35. The highest BCUT2D eigenvalue weighted by Gasteiger charge is 2.34. The van der Waals surface area contributed by atoms with Crippen molar-refractivity contribution in [3.8, 4) is 0 Å². The topological polar surface area (TPSA) is 49.4 Å². The molecule has 0 saturated carbocycles. The van der Waals surface area contributed by atoms with Crippen molar-refractivity contribution in [3.05, 3.63) is 0 Å². The molecule has 0 radical (unpaired) electrons. The molecule has 8 heteroatoms. The van der Waals surface area contributed by atoms with Gasteiger partial charge in [0.15, 0.2) is 0 Å². The maximum absolute atomic E-state index is 12.1. The van der Waals surface area contributed by atoms with Gasteiger partial charge in [0.1, 0.15) is 0 Å². The molecule has 1 N–H and O–H groups in total. The summed E-state index contributed by atoms with van der Waals surface area (Å²) in [5, 5.41) is 0. The van der Waals surface area contributed by atoms with E-state index in [4.69, 9.17) is 0 Å². The number of sulfonamides is 1. The molecule has 1 aliphatic heterocycles. The number of halogens is 3. The Morgan fingerprint density at radius 3 is 2.59 bits per heavy atom. The van der Waals surface area contributed by atoms with Crippen molar-refractivity contribution in [2.45, 2.75) is 19.5 Å². The van der Waals surface area contributed by atoms with Crippen LogP contribution in [0.2, 0.25) is 0 Å². The highest BCUT2D eigenvalue weighted by atomic mass is 32.2. The molecule has 0 spiro atoms. The van der Waals surface area contributed by atoms with Crippen LogP contribution in [0, 0.1) is 5.92 Å². The average molecular weight is 274 g/mol. The van der Waals surface area contributed by atoms with Crippen LogP contribution in [0.3, 0.4) is 0 Å². The van der Waals surface area contributed by atoms with E-state index in [0.717, 1.165) is 0 Å². The van der Waals surface area contributed by atoms with E-state index in [2.05, 4.69) is 4.72 Å². The summed E-state index contributed by atoms with van der Waals surface area (Å²) in [7, 11) is -3.25. The molecule has 1 fully saturated rings. The quantitative estimate of drug-likeness (QED) is 0.807. The van der Waals surface area contributed by atoms with Crippen LogP contribution in [-0.4, -0.2) is 51.4 Å². The number of hydrogen-bond acceptors (Lipinski definition) is 3. The molecule has 0 aliphatic carbocycles. The van der Waals surface area contributed by atoms with E-state index in [1.165, 1.54) is 11.8 Å². The molecule has 102 valence electrons. The van der Waals surface area contributed by atoms with Crippen LogP contribution in [0.25, 0.3) is 0 Å². The van der Waals surface area contributed by atoms with Crippen molar-refractivity contribution in [3.63, 3.8) is 0 Å². The van der Waals surface area contributed by atoms with Gasteiger partial charge in [0.25, 0.3) is 0 Å². The maximum atomic E-state index is 12.1. The maximum Gasteiger partial charge on any atom is 0.401 e. The minimum absolute atomic E-state index is 0.00795. The van der Waals surface area contributed by atoms with Crippen LogP contribution in [0.4, 0.5) is 13.2 Å². The fourth-order valence-electron chi connectivity index (χ4n) is 1.82. The zero-order valence-corrected chi connectivity index (χ0v) is 10.4. The van der Waals surface area contributed by atoms with E-state index in [1.54, 1.807) is 0 Å². The van der Waals surface area contributed by atoms with Crippen molar-refractivity contribution in [1.82, 2.24) is 9.62 Å². The van der Waals surface area contributed by atoms with Gasteiger partial charge < -0.3 is 0 Å². The summed E-state index contributed by atoms with van der Waals surface area (Å²) in [6.45, 7) is 1.51. The number of likely N-dealkylation sites (tertiary alicyclic amines) is 1. The van der Waals surface area contributed by atoms with Crippen LogP contribution in [-0.2, 0) is 10.0 Å². The van der Waals surface area contributed by atoms with Gasteiger partial charge in [-0.05, 0) is 25.8 Å². The molecular weight excluding hydrogens is 257 g/mol. The second kappa shape index (κ2) is 5.53. The minimum atomic E-state index is -4.18. The van der Waals surface area contributed by atoms with E-state index in [9.17, 15) is 21.6 Å². The van der Waals surface area contributed by atoms with Gasteiger partial charge in [-0.25, -0.2) is 13.1 Å². The molecule has 0 amide bonds. The summed E-state index contributed by atoms with van der Waals surface area (Å²) in [6, 6.07) is 0. The van der Waals surface area contributed by atoms with Crippen molar-refractivity contribution in [2.75, 3.05) is 31.9 Å². The number of hydrogen-bond donors (Lipinski definition) is 1. The normalized spacial score (nSPS) is 23.2. The SMILES string of the molecule is CCS(=O)(=O)NCC1CCN(CC(F)(F)F)C1. The third kappa shape index (κ3) is 5.69. The van der Waals surface area contributed by atoms with E-state index in [0.29, 0.717) is 19.5 Å². The zero-order chi connectivity index (χ0) is 13.1. The molecule has 0 aromatic rings. The number of nitrogens with one attached hydrogen (secondary N) is 1. The van der Waals surface area contributed by atoms with Crippen molar-refractivity contribution in [1.29, 1.82) is 0 Å². The van der Waals surface area contributed by atoms with Gasteiger partial charge in [-0.15, -0.1) is 0 Å². The first-order valence-electron chi connectivity index (χ1n) is 5.48. The van der Waals surface area contributed by atoms with Gasteiger partial charge in [-0.2, -0.15) is 13.2 Å². The van der Waals surface area contributed by atoms with Gasteiger partial charge in [-0.3, -0.25) is 4.90 Å². The molecule has 1 heterocycles. The molecule has 17 heavy (non-hydrogen) atoms. The Hall–Kier alpha value is -0.340. The first-order chi connectivity index (χ1) is 7.72. The van der Waals surface area contributed by atoms with E-state index < -0.39 is 22.7 Å². The molecule has 1 atom stereocenters. The Bertz CT molecular complexity index is 343. The summed E-state index contributed by atoms with van der Waals surface area (Å²) >= 11 is 0. The minimum Gasteiger partial charge on any atom is -0.295 e. The fourth-order valence-corrected chi connectivity index (χ4v) is 2.52. The van der Waals surface area contributed by atoms with E-state index in [1.807, 2.05) is 0 Å². The Balaban J connectivity index is 2.32. The highest BCUT2D eigenvalue weighted by molar-refractivity contribution is 7.89. The predicted molar refractivity (Wildman–Crippen MR) is 58.1 cm³/mol. The lowest BCUT2D eigenvalue weighted by atomic mass is 10.1. The van der Waals surface area contributed by atoms with E-state index >= 15 is 0 Å². The Morgan fingerprint density at radius 1 is 1.41 bits per heavy atom. The standard InChI is InChI=1S/C9H17F3N2O2S/c1-2-17(15,16)13-5-8-3-4-14(6-8)7-9(10,11)12/h8,13H,2-7H2,1H3. The predicted octanol–water partition coefficient (Wildman–Crippen LogP) is 0.810. The fraction of sp³-hybridized carbons (Fsp3) is 1.00. The van der Waals surface area contributed by atoms with Crippen LogP contribution >= 0.6 is 0 Å². The van der Waals surface area contributed by atoms with Crippen molar-refractivity contribution in [2.24, 2.45) is 5.92 Å². The largest absolute Gasteiger partial charge is 0.401 e. The highest BCUT2D eigenvalue weighted by Crippen LogP contribution is 2.22. The van der Waals surface area contributed by atoms with Crippen LogP contribution in [0.15, 0.2) is 0 Å². The van der Waals surface area contributed by atoms with Crippen molar-refractivity contribution < 1.29 is 21.6 Å². The summed E-state index contributed by atoms with van der Waals surface area (Å²) < 4.78 is 61.1. The number of alkyl halides is 3. The molecule has 0 bridgehead atoms. The first kappa shape index (κ1) is 14.7.